The molecule has 0 atom stereocenters. The number of nitrogens with one attached hydrogen (secondary N) is 3. The number of amides is 1. The van der Waals surface area contributed by atoms with Gasteiger partial charge < -0.3 is 9.88 Å². The minimum atomic E-state index is -0.194. The fourth-order valence-electron chi connectivity index (χ4n) is 4.24. The number of anilines is 1. The molecule has 26 heavy (non-hydrogen) atoms. The first-order valence-electron chi connectivity index (χ1n) is 9.36. The summed E-state index contributed by atoms with van der Waals surface area (Å²) in [6, 6.07) is 8.48. The van der Waals surface area contributed by atoms with E-state index in [0.717, 1.165) is 48.1 Å². The number of hydrogen-bond donors (Lipinski definition) is 3. The summed E-state index contributed by atoms with van der Waals surface area (Å²) in [5.41, 5.74) is 4.49. The molecular formula is C19H22N6O. The first kappa shape index (κ1) is 15.6. The fourth-order valence-corrected chi connectivity index (χ4v) is 4.24. The van der Waals surface area contributed by atoms with Crippen LogP contribution in [-0.4, -0.2) is 32.2 Å². The first-order chi connectivity index (χ1) is 12.8. The zero-order valence-corrected chi connectivity index (χ0v) is 14.6. The second-order valence-corrected chi connectivity index (χ2v) is 7.14. The van der Waals surface area contributed by atoms with Gasteiger partial charge in [0.05, 0.1) is 11.0 Å². The van der Waals surface area contributed by atoms with Crippen LogP contribution in [0.15, 0.2) is 24.3 Å². The van der Waals surface area contributed by atoms with Gasteiger partial charge in [0.25, 0.3) is 5.91 Å². The number of fused-ring (bicyclic) bond motifs is 2. The molecule has 3 aromatic rings. The van der Waals surface area contributed by atoms with Crippen molar-refractivity contribution in [3.05, 3.63) is 41.2 Å². The van der Waals surface area contributed by atoms with Crippen LogP contribution in [0.3, 0.4) is 0 Å². The van der Waals surface area contributed by atoms with Gasteiger partial charge in [-0.3, -0.25) is 15.2 Å². The summed E-state index contributed by atoms with van der Waals surface area (Å²) in [6.07, 6.45) is 5.58. The molecule has 134 valence electrons. The highest BCUT2D eigenvalue weighted by atomic mass is 16.2. The summed E-state index contributed by atoms with van der Waals surface area (Å²) >= 11 is 0. The molecule has 1 aromatic carbocycles. The van der Waals surface area contributed by atoms with Crippen LogP contribution in [0.5, 0.6) is 0 Å². The van der Waals surface area contributed by atoms with Crippen LogP contribution in [0, 0.1) is 0 Å². The van der Waals surface area contributed by atoms with E-state index >= 15 is 0 Å². The molecular weight excluding hydrogens is 328 g/mol. The van der Waals surface area contributed by atoms with E-state index in [1.54, 1.807) is 0 Å². The third-order valence-corrected chi connectivity index (χ3v) is 5.53. The molecule has 0 bridgehead atoms. The lowest BCUT2D eigenvalue weighted by Crippen LogP contribution is -2.26. The number of aromatic nitrogens is 4. The van der Waals surface area contributed by atoms with E-state index in [2.05, 4.69) is 31.5 Å². The average molecular weight is 350 g/mol. The van der Waals surface area contributed by atoms with Crippen molar-refractivity contribution in [3.8, 4) is 0 Å². The second kappa shape index (κ2) is 6.25. The van der Waals surface area contributed by atoms with E-state index in [9.17, 15) is 4.79 Å². The van der Waals surface area contributed by atoms with E-state index in [1.807, 2.05) is 18.2 Å². The molecule has 7 nitrogen and oxygen atoms in total. The van der Waals surface area contributed by atoms with Gasteiger partial charge in [-0.05, 0) is 25.0 Å². The van der Waals surface area contributed by atoms with E-state index in [4.69, 9.17) is 4.98 Å². The van der Waals surface area contributed by atoms with Crippen LogP contribution in [0.1, 0.15) is 53.5 Å². The van der Waals surface area contributed by atoms with Crippen molar-refractivity contribution >= 4 is 22.9 Å². The molecule has 2 aromatic heterocycles. The maximum absolute atomic E-state index is 12.9. The Kier molecular flexibility index (Phi) is 3.74. The molecule has 2 aliphatic rings. The molecule has 0 radical (unpaired) electrons. The average Bonchev–Trinajstić information content (AvgIpc) is 3.39. The molecule has 0 spiro atoms. The molecule has 1 saturated carbocycles. The zero-order chi connectivity index (χ0) is 17.5. The second-order valence-electron chi connectivity index (χ2n) is 7.14. The van der Waals surface area contributed by atoms with Crippen molar-refractivity contribution in [1.82, 2.24) is 25.1 Å². The maximum atomic E-state index is 12.9. The van der Waals surface area contributed by atoms with Gasteiger partial charge in [-0.25, -0.2) is 4.98 Å². The summed E-state index contributed by atoms with van der Waals surface area (Å²) in [7, 11) is 0. The molecule has 1 fully saturated rings. The summed E-state index contributed by atoms with van der Waals surface area (Å²) in [6.45, 7) is 1.58. The van der Waals surface area contributed by atoms with E-state index < -0.39 is 0 Å². The van der Waals surface area contributed by atoms with Crippen LogP contribution in [0.2, 0.25) is 0 Å². The number of benzene rings is 1. The summed E-state index contributed by atoms with van der Waals surface area (Å²) in [5.74, 6) is 0.435. The largest absolute Gasteiger partial charge is 0.312 e. The van der Waals surface area contributed by atoms with Crippen LogP contribution >= 0.6 is 0 Å². The first-order valence-corrected chi connectivity index (χ1v) is 9.36. The summed E-state index contributed by atoms with van der Waals surface area (Å²) < 4.78 is 2.21. The van der Waals surface area contributed by atoms with E-state index in [1.165, 1.54) is 12.8 Å². The van der Waals surface area contributed by atoms with E-state index in [-0.39, 0.29) is 5.91 Å². The number of imidazole rings is 1. The minimum absolute atomic E-state index is 0.194. The fraction of sp³-hybridized carbons (Fsp3) is 0.421. The number of carbonyl (C=O) groups excluding carboxylic acids is 1. The number of para-hydroxylation sites is 2. The summed E-state index contributed by atoms with van der Waals surface area (Å²) in [4.78, 5) is 17.6. The smallest absolute Gasteiger partial charge is 0.278 e. The Morgan fingerprint density at radius 2 is 2.08 bits per heavy atom. The minimum Gasteiger partial charge on any atom is -0.312 e. The standard InChI is InChI=1S/C19H22N6O/c26-18(17-13-11-20-10-9-14(13)23-24-17)22-19-21-15-7-3-4-8-16(15)25(19)12-5-1-2-6-12/h3-4,7-8,12,20H,1-2,5-6,9-11H2,(H,23,24)(H,21,22,26). The van der Waals surface area contributed by atoms with Gasteiger partial charge in [-0.15, -0.1) is 0 Å². The molecule has 0 unspecified atom stereocenters. The maximum Gasteiger partial charge on any atom is 0.278 e. The predicted octanol–water partition coefficient (Wildman–Crippen LogP) is 2.77. The van der Waals surface area contributed by atoms with Gasteiger partial charge >= 0.3 is 0 Å². The molecule has 7 heteroatoms. The Labute approximate surface area is 151 Å². The van der Waals surface area contributed by atoms with Crippen molar-refractivity contribution in [1.29, 1.82) is 0 Å². The van der Waals surface area contributed by atoms with Crippen LogP contribution < -0.4 is 10.6 Å². The van der Waals surface area contributed by atoms with Crippen molar-refractivity contribution in [3.63, 3.8) is 0 Å². The Balaban J connectivity index is 1.52. The van der Waals surface area contributed by atoms with Crippen molar-refractivity contribution in [2.45, 2.75) is 44.7 Å². The van der Waals surface area contributed by atoms with Crippen LogP contribution in [-0.2, 0) is 13.0 Å². The van der Waals surface area contributed by atoms with Crippen LogP contribution in [0.4, 0.5) is 5.95 Å². The third kappa shape index (κ3) is 2.50. The highest BCUT2D eigenvalue weighted by molar-refractivity contribution is 6.04. The van der Waals surface area contributed by atoms with E-state index in [0.29, 0.717) is 24.2 Å². The lowest BCUT2D eigenvalue weighted by molar-refractivity contribution is 0.101. The van der Waals surface area contributed by atoms with Gasteiger partial charge in [-0.2, -0.15) is 5.10 Å². The topological polar surface area (TPSA) is 87.6 Å². The molecule has 3 N–H and O–H groups in total. The number of carbonyl (C=O) groups is 1. The molecule has 1 amide bonds. The quantitative estimate of drug-likeness (QED) is 0.678. The SMILES string of the molecule is O=C(Nc1nc2ccccc2n1C1CCCC1)c1n[nH]c2c1CNCC2. The number of H-pyrrole nitrogens is 1. The zero-order valence-electron chi connectivity index (χ0n) is 14.6. The Bertz CT molecular complexity index is 966. The molecule has 5 rings (SSSR count). The summed E-state index contributed by atoms with van der Waals surface area (Å²) in [5, 5.41) is 13.6. The van der Waals surface area contributed by atoms with Gasteiger partial charge in [0, 0.05) is 36.8 Å². The van der Waals surface area contributed by atoms with Gasteiger partial charge in [-0.1, -0.05) is 25.0 Å². The number of rotatable bonds is 3. The normalized spacial score (nSPS) is 17.5. The Morgan fingerprint density at radius 3 is 2.96 bits per heavy atom. The van der Waals surface area contributed by atoms with Gasteiger partial charge in [0.15, 0.2) is 5.69 Å². The Hall–Kier alpha value is -2.67. The van der Waals surface area contributed by atoms with Crippen molar-refractivity contribution in [2.75, 3.05) is 11.9 Å². The number of aromatic amines is 1. The van der Waals surface area contributed by atoms with Crippen LogP contribution in [0.25, 0.3) is 11.0 Å². The molecule has 3 heterocycles. The highest BCUT2D eigenvalue weighted by Crippen LogP contribution is 2.35. The third-order valence-electron chi connectivity index (χ3n) is 5.53. The molecule has 1 aliphatic heterocycles. The monoisotopic (exact) mass is 350 g/mol. The lowest BCUT2D eigenvalue weighted by atomic mass is 10.1. The van der Waals surface area contributed by atoms with Gasteiger partial charge in [0.1, 0.15) is 0 Å². The highest BCUT2D eigenvalue weighted by Gasteiger charge is 2.26. The molecule has 1 aliphatic carbocycles. The number of nitrogens with zero attached hydrogens (tertiary/aromatic N) is 3. The molecule has 0 saturated heterocycles. The lowest BCUT2D eigenvalue weighted by Gasteiger charge is -2.17. The van der Waals surface area contributed by atoms with Crippen molar-refractivity contribution in [2.24, 2.45) is 0 Å². The Morgan fingerprint density at radius 1 is 1.23 bits per heavy atom. The predicted molar refractivity (Wildman–Crippen MR) is 99.2 cm³/mol. The number of hydrogen-bond acceptors (Lipinski definition) is 4. The van der Waals surface area contributed by atoms with Crippen molar-refractivity contribution < 1.29 is 4.79 Å². The van der Waals surface area contributed by atoms with Gasteiger partial charge in [0.2, 0.25) is 5.95 Å².